The number of carbonyl (C=O) groups excluding carboxylic acids is 1. The zero-order chi connectivity index (χ0) is 19.1. The summed E-state index contributed by atoms with van der Waals surface area (Å²) in [4.78, 5) is 15.2. The molecule has 0 atom stereocenters. The average Bonchev–Trinajstić information content (AvgIpc) is 2.73. The largest absolute Gasteiger partial charge is 0.493 e. The monoisotopic (exact) mass is 394 g/mol. The highest BCUT2D eigenvalue weighted by Gasteiger charge is 2.39. The Kier molecular flexibility index (Phi) is 7.26. The van der Waals surface area contributed by atoms with Gasteiger partial charge in [0.05, 0.1) is 20.6 Å². The first-order chi connectivity index (χ1) is 13.2. The van der Waals surface area contributed by atoms with Crippen molar-refractivity contribution in [1.29, 1.82) is 0 Å². The van der Waals surface area contributed by atoms with Gasteiger partial charge in [0.15, 0.2) is 11.5 Å². The number of benzene rings is 1. The van der Waals surface area contributed by atoms with Crippen LogP contribution in [0.25, 0.3) is 0 Å². The van der Waals surface area contributed by atoms with E-state index in [2.05, 4.69) is 10.2 Å². The second-order valence-corrected chi connectivity index (χ2v) is 8.30. The molecule has 1 aromatic rings. The predicted molar refractivity (Wildman–Crippen MR) is 108 cm³/mol. The minimum absolute atomic E-state index is 0.0342. The topological polar surface area (TPSA) is 60.0 Å². The molecule has 2 heterocycles. The van der Waals surface area contributed by atoms with Gasteiger partial charge in [-0.3, -0.25) is 9.69 Å². The standard InChI is InChI=1S/C20H30N2O4S/c1-24-17-4-3-16(13-18(17)25-2)14-19(23)21-15-20(5-9-26-10-6-20)22-7-11-27-12-8-22/h3-4,13H,5-12,14-15H2,1-2H3,(H,21,23). The number of methoxy groups -OCH3 is 2. The predicted octanol–water partition coefficient (Wildman–Crippen LogP) is 1.96. The van der Waals surface area contributed by atoms with E-state index in [1.54, 1.807) is 14.2 Å². The van der Waals surface area contributed by atoms with Crippen molar-refractivity contribution in [1.82, 2.24) is 10.2 Å². The van der Waals surface area contributed by atoms with E-state index < -0.39 is 0 Å². The van der Waals surface area contributed by atoms with E-state index in [1.807, 2.05) is 30.0 Å². The molecule has 1 N–H and O–H groups in total. The maximum absolute atomic E-state index is 12.6. The highest BCUT2D eigenvalue weighted by atomic mass is 32.2. The van der Waals surface area contributed by atoms with Gasteiger partial charge in [0, 0.05) is 49.9 Å². The number of thioether (sulfide) groups is 1. The fourth-order valence-corrected chi connectivity index (χ4v) is 4.80. The number of ether oxygens (including phenoxy) is 3. The van der Waals surface area contributed by atoms with E-state index in [9.17, 15) is 4.79 Å². The molecule has 7 heteroatoms. The summed E-state index contributed by atoms with van der Waals surface area (Å²) in [5, 5.41) is 3.19. The molecular weight excluding hydrogens is 364 g/mol. The Hall–Kier alpha value is -1.44. The molecule has 1 amide bonds. The second-order valence-electron chi connectivity index (χ2n) is 7.08. The molecule has 0 radical (unpaired) electrons. The van der Waals surface area contributed by atoms with Crippen molar-refractivity contribution in [3.63, 3.8) is 0 Å². The van der Waals surface area contributed by atoms with Crippen LogP contribution in [0.5, 0.6) is 11.5 Å². The van der Waals surface area contributed by atoms with Crippen molar-refractivity contribution >= 4 is 17.7 Å². The number of hydrogen-bond acceptors (Lipinski definition) is 6. The van der Waals surface area contributed by atoms with Crippen molar-refractivity contribution in [2.45, 2.75) is 24.8 Å². The molecule has 1 aromatic carbocycles. The van der Waals surface area contributed by atoms with Gasteiger partial charge in [-0.05, 0) is 30.5 Å². The number of nitrogens with zero attached hydrogens (tertiary/aromatic N) is 1. The van der Waals surface area contributed by atoms with Crippen LogP contribution >= 0.6 is 11.8 Å². The van der Waals surface area contributed by atoms with Gasteiger partial charge in [0.25, 0.3) is 0 Å². The molecule has 0 unspecified atom stereocenters. The maximum atomic E-state index is 12.6. The van der Waals surface area contributed by atoms with Gasteiger partial charge in [-0.15, -0.1) is 0 Å². The third-order valence-corrected chi connectivity index (χ3v) is 6.48. The molecular formula is C20H30N2O4S. The molecule has 2 fully saturated rings. The van der Waals surface area contributed by atoms with E-state index >= 15 is 0 Å². The van der Waals surface area contributed by atoms with Crippen LogP contribution in [0.2, 0.25) is 0 Å². The van der Waals surface area contributed by atoms with E-state index in [4.69, 9.17) is 14.2 Å². The molecule has 2 saturated heterocycles. The molecule has 150 valence electrons. The Morgan fingerprint density at radius 1 is 1.19 bits per heavy atom. The molecule has 27 heavy (non-hydrogen) atoms. The summed E-state index contributed by atoms with van der Waals surface area (Å²) in [5.74, 6) is 3.70. The molecule has 0 aromatic heterocycles. The van der Waals surface area contributed by atoms with Crippen molar-refractivity contribution in [2.75, 3.05) is 58.6 Å². The van der Waals surface area contributed by atoms with E-state index in [1.165, 1.54) is 11.5 Å². The number of amides is 1. The number of rotatable bonds is 7. The molecule has 2 aliphatic rings. The Labute approximate surface area is 165 Å². The first-order valence-corrected chi connectivity index (χ1v) is 10.7. The lowest BCUT2D eigenvalue weighted by Gasteiger charge is -2.48. The Morgan fingerprint density at radius 2 is 1.89 bits per heavy atom. The van der Waals surface area contributed by atoms with E-state index in [0.717, 1.165) is 44.7 Å². The summed E-state index contributed by atoms with van der Waals surface area (Å²) in [7, 11) is 3.21. The fraction of sp³-hybridized carbons (Fsp3) is 0.650. The van der Waals surface area contributed by atoms with Crippen LogP contribution in [0.4, 0.5) is 0 Å². The first-order valence-electron chi connectivity index (χ1n) is 9.55. The normalized spacial score (nSPS) is 20.1. The zero-order valence-electron chi connectivity index (χ0n) is 16.3. The Balaban J connectivity index is 1.60. The molecule has 6 nitrogen and oxygen atoms in total. The number of nitrogens with one attached hydrogen (secondary N) is 1. The molecule has 0 spiro atoms. The number of hydrogen-bond donors (Lipinski definition) is 1. The van der Waals surface area contributed by atoms with Crippen LogP contribution in [0.3, 0.4) is 0 Å². The van der Waals surface area contributed by atoms with Gasteiger partial charge >= 0.3 is 0 Å². The van der Waals surface area contributed by atoms with Gasteiger partial charge in [-0.2, -0.15) is 11.8 Å². The highest BCUT2D eigenvalue weighted by Crippen LogP contribution is 2.30. The fourth-order valence-electron chi connectivity index (χ4n) is 3.90. The smallest absolute Gasteiger partial charge is 0.224 e. The van der Waals surface area contributed by atoms with E-state index in [0.29, 0.717) is 24.5 Å². The summed E-state index contributed by atoms with van der Waals surface area (Å²) < 4.78 is 16.2. The van der Waals surface area contributed by atoms with Crippen LogP contribution in [0.1, 0.15) is 18.4 Å². The third kappa shape index (κ3) is 5.09. The SMILES string of the molecule is COc1ccc(CC(=O)NCC2(N3CCSCC3)CCOCC2)cc1OC. The van der Waals surface area contributed by atoms with Crippen molar-refractivity contribution in [3.05, 3.63) is 23.8 Å². The molecule has 0 saturated carbocycles. The van der Waals surface area contributed by atoms with Gasteiger partial charge in [-0.25, -0.2) is 0 Å². The van der Waals surface area contributed by atoms with Crippen LogP contribution < -0.4 is 14.8 Å². The minimum atomic E-state index is 0.0342. The highest BCUT2D eigenvalue weighted by molar-refractivity contribution is 7.99. The summed E-state index contributed by atoms with van der Waals surface area (Å²) in [6.07, 6.45) is 2.30. The molecule has 2 aliphatic heterocycles. The summed E-state index contributed by atoms with van der Waals surface area (Å²) in [6, 6.07) is 5.62. The van der Waals surface area contributed by atoms with Crippen molar-refractivity contribution < 1.29 is 19.0 Å². The lowest BCUT2D eigenvalue weighted by molar-refractivity contribution is -0.121. The van der Waals surface area contributed by atoms with Crippen molar-refractivity contribution in [3.8, 4) is 11.5 Å². The van der Waals surface area contributed by atoms with E-state index in [-0.39, 0.29) is 11.4 Å². The minimum Gasteiger partial charge on any atom is -0.493 e. The Bertz CT molecular complexity index is 628. The third-order valence-electron chi connectivity index (χ3n) is 5.53. The molecule has 3 rings (SSSR count). The maximum Gasteiger partial charge on any atom is 0.224 e. The lowest BCUT2D eigenvalue weighted by atomic mass is 9.87. The summed E-state index contributed by atoms with van der Waals surface area (Å²) in [5.41, 5.74) is 0.951. The van der Waals surface area contributed by atoms with Crippen molar-refractivity contribution in [2.24, 2.45) is 0 Å². The van der Waals surface area contributed by atoms with Gasteiger partial charge in [0.1, 0.15) is 0 Å². The van der Waals surface area contributed by atoms with Crippen LogP contribution in [0, 0.1) is 0 Å². The zero-order valence-corrected chi connectivity index (χ0v) is 17.1. The van der Waals surface area contributed by atoms with Gasteiger partial charge in [0.2, 0.25) is 5.91 Å². The Morgan fingerprint density at radius 3 is 2.56 bits per heavy atom. The summed E-state index contributed by atoms with van der Waals surface area (Å²) >= 11 is 2.01. The van der Waals surface area contributed by atoms with Gasteiger partial charge in [-0.1, -0.05) is 6.07 Å². The first kappa shape index (κ1) is 20.3. The number of carbonyl (C=O) groups is 1. The molecule has 0 bridgehead atoms. The summed E-state index contributed by atoms with van der Waals surface area (Å²) in [6.45, 7) is 4.42. The van der Waals surface area contributed by atoms with Crippen LogP contribution in [-0.2, 0) is 16.0 Å². The average molecular weight is 395 g/mol. The van der Waals surface area contributed by atoms with Crippen LogP contribution in [0.15, 0.2) is 18.2 Å². The molecule has 0 aliphatic carbocycles. The lowest BCUT2D eigenvalue weighted by Crippen LogP contribution is -2.60. The second kappa shape index (κ2) is 9.66. The quantitative estimate of drug-likeness (QED) is 0.763. The van der Waals surface area contributed by atoms with Gasteiger partial charge < -0.3 is 19.5 Å². The van der Waals surface area contributed by atoms with Crippen LogP contribution in [-0.4, -0.2) is 74.9 Å².